The normalized spacial score (nSPS) is 17.3. The zero-order valence-electron chi connectivity index (χ0n) is 8.76. The zero-order valence-corrected chi connectivity index (χ0v) is 11.1. The molecule has 1 aromatic rings. The van der Waals surface area contributed by atoms with Gasteiger partial charge in [-0.1, -0.05) is 31.4 Å². The number of aromatic nitrogens is 2. The van der Waals surface area contributed by atoms with Gasteiger partial charge in [-0.15, -0.1) is 0 Å². The molecule has 0 saturated heterocycles. The molecule has 82 valence electrons. The molecule has 0 aromatic carbocycles. The van der Waals surface area contributed by atoms with Crippen LogP contribution in [0.5, 0.6) is 0 Å². The van der Waals surface area contributed by atoms with E-state index in [1.807, 2.05) is 0 Å². The van der Waals surface area contributed by atoms with Gasteiger partial charge in [0.1, 0.15) is 11.0 Å². The van der Waals surface area contributed by atoms with Crippen LogP contribution >= 0.6 is 27.5 Å². The van der Waals surface area contributed by atoms with Crippen molar-refractivity contribution in [3.8, 4) is 0 Å². The summed E-state index contributed by atoms with van der Waals surface area (Å²) in [6, 6.07) is 0. The summed E-state index contributed by atoms with van der Waals surface area (Å²) in [4.78, 5) is 8.82. The van der Waals surface area contributed by atoms with Crippen LogP contribution in [0.3, 0.4) is 0 Å². The summed E-state index contributed by atoms with van der Waals surface area (Å²) in [5.74, 6) is 1.43. The van der Waals surface area contributed by atoms with E-state index in [1.54, 1.807) is 0 Å². The highest BCUT2D eigenvalue weighted by Crippen LogP contribution is 2.38. The van der Waals surface area contributed by atoms with E-state index in [9.17, 15) is 0 Å². The van der Waals surface area contributed by atoms with Gasteiger partial charge in [-0.05, 0) is 28.8 Å². The number of aryl methyl sites for hydroxylation is 1. The topological polar surface area (TPSA) is 25.8 Å². The summed E-state index contributed by atoms with van der Waals surface area (Å²) in [6.07, 6.45) is 5.91. The average Bonchev–Trinajstić information content (AvgIpc) is 2.75. The van der Waals surface area contributed by atoms with Crippen LogP contribution in [0, 0.1) is 0 Å². The first-order valence-electron chi connectivity index (χ1n) is 5.44. The predicted molar refractivity (Wildman–Crippen MR) is 65.3 cm³/mol. The fraction of sp³-hybridized carbons (Fsp3) is 0.636. The lowest BCUT2D eigenvalue weighted by Crippen LogP contribution is -2.04. The van der Waals surface area contributed by atoms with Gasteiger partial charge in [-0.2, -0.15) is 0 Å². The fourth-order valence-corrected chi connectivity index (χ4v) is 2.80. The highest BCUT2D eigenvalue weighted by molar-refractivity contribution is 9.10. The molecular formula is C11H14BrClN2. The van der Waals surface area contributed by atoms with Crippen LogP contribution in [0.15, 0.2) is 4.47 Å². The molecule has 1 heterocycles. The fourth-order valence-electron chi connectivity index (χ4n) is 2.11. The van der Waals surface area contributed by atoms with Gasteiger partial charge in [-0.25, -0.2) is 9.97 Å². The lowest BCUT2D eigenvalue weighted by atomic mass is 10.0. The van der Waals surface area contributed by atoms with E-state index in [-0.39, 0.29) is 0 Å². The van der Waals surface area contributed by atoms with Gasteiger partial charge in [0.25, 0.3) is 0 Å². The second-order valence-corrected chi connectivity index (χ2v) is 5.12. The molecular weight excluding hydrogens is 275 g/mol. The van der Waals surface area contributed by atoms with Crippen LogP contribution in [-0.4, -0.2) is 9.97 Å². The second kappa shape index (κ2) is 4.79. The number of rotatable bonds is 2. The first-order chi connectivity index (χ1) is 7.22. The number of hydrogen-bond donors (Lipinski definition) is 0. The Kier molecular flexibility index (Phi) is 3.62. The van der Waals surface area contributed by atoms with Crippen LogP contribution < -0.4 is 0 Å². The first-order valence-corrected chi connectivity index (χ1v) is 6.61. The second-order valence-electron chi connectivity index (χ2n) is 3.96. The summed E-state index contributed by atoms with van der Waals surface area (Å²) >= 11 is 9.57. The van der Waals surface area contributed by atoms with Crippen molar-refractivity contribution in [1.82, 2.24) is 9.97 Å². The number of nitrogens with zero attached hydrogens (tertiary/aromatic N) is 2. The molecule has 0 spiro atoms. The lowest BCUT2D eigenvalue weighted by Gasteiger charge is -2.12. The molecule has 1 fully saturated rings. The van der Waals surface area contributed by atoms with Gasteiger partial charge < -0.3 is 0 Å². The SMILES string of the molecule is CCc1nc(Cl)c(Br)c(C2CCCC2)n1. The molecule has 1 saturated carbocycles. The summed E-state index contributed by atoms with van der Waals surface area (Å²) < 4.78 is 0.897. The maximum Gasteiger partial charge on any atom is 0.147 e. The van der Waals surface area contributed by atoms with Crippen molar-refractivity contribution in [3.05, 3.63) is 21.1 Å². The largest absolute Gasteiger partial charge is 0.236 e. The molecule has 0 amide bonds. The van der Waals surface area contributed by atoms with Crippen LogP contribution in [0.4, 0.5) is 0 Å². The Hall–Kier alpha value is -0.150. The van der Waals surface area contributed by atoms with Gasteiger partial charge in [0.2, 0.25) is 0 Å². The summed E-state index contributed by atoms with van der Waals surface area (Å²) in [7, 11) is 0. The number of halogens is 2. The summed E-state index contributed by atoms with van der Waals surface area (Å²) in [5, 5.41) is 0.559. The Morgan fingerprint density at radius 3 is 2.60 bits per heavy atom. The van der Waals surface area contributed by atoms with Crippen molar-refractivity contribution in [2.45, 2.75) is 44.9 Å². The average molecular weight is 290 g/mol. The highest BCUT2D eigenvalue weighted by atomic mass is 79.9. The van der Waals surface area contributed by atoms with Crippen molar-refractivity contribution in [3.63, 3.8) is 0 Å². The third kappa shape index (κ3) is 2.34. The summed E-state index contributed by atoms with van der Waals surface area (Å²) in [6.45, 7) is 2.05. The molecule has 2 nitrogen and oxygen atoms in total. The molecule has 0 unspecified atom stereocenters. The minimum atomic E-state index is 0.559. The van der Waals surface area contributed by atoms with Crippen molar-refractivity contribution in [2.24, 2.45) is 0 Å². The molecule has 0 radical (unpaired) electrons. The Morgan fingerprint density at radius 2 is 2.00 bits per heavy atom. The lowest BCUT2D eigenvalue weighted by molar-refractivity contribution is 0.679. The molecule has 0 atom stereocenters. The molecule has 0 aliphatic heterocycles. The Morgan fingerprint density at radius 1 is 1.33 bits per heavy atom. The molecule has 0 bridgehead atoms. The minimum Gasteiger partial charge on any atom is -0.236 e. The van der Waals surface area contributed by atoms with Crippen LogP contribution in [-0.2, 0) is 6.42 Å². The van der Waals surface area contributed by atoms with Gasteiger partial charge in [0, 0.05) is 12.3 Å². The Balaban J connectivity index is 2.39. The van der Waals surface area contributed by atoms with Crippen molar-refractivity contribution < 1.29 is 0 Å². The quantitative estimate of drug-likeness (QED) is 0.766. The van der Waals surface area contributed by atoms with E-state index in [1.165, 1.54) is 25.7 Å². The van der Waals surface area contributed by atoms with E-state index < -0.39 is 0 Å². The van der Waals surface area contributed by atoms with Crippen LogP contribution in [0.2, 0.25) is 5.15 Å². The van der Waals surface area contributed by atoms with E-state index in [0.29, 0.717) is 11.1 Å². The van der Waals surface area contributed by atoms with Gasteiger partial charge in [0.15, 0.2) is 0 Å². The molecule has 1 aromatic heterocycles. The van der Waals surface area contributed by atoms with Crippen LogP contribution in [0.25, 0.3) is 0 Å². The van der Waals surface area contributed by atoms with Crippen molar-refractivity contribution >= 4 is 27.5 Å². The van der Waals surface area contributed by atoms with Gasteiger partial charge in [0.05, 0.1) is 10.2 Å². The van der Waals surface area contributed by atoms with E-state index in [2.05, 4.69) is 32.8 Å². The molecule has 1 aliphatic rings. The van der Waals surface area contributed by atoms with E-state index in [0.717, 1.165) is 22.4 Å². The molecule has 1 aliphatic carbocycles. The van der Waals surface area contributed by atoms with E-state index in [4.69, 9.17) is 11.6 Å². The zero-order chi connectivity index (χ0) is 10.8. The smallest absolute Gasteiger partial charge is 0.147 e. The van der Waals surface area contributed by atoms with Crippen molar-refractivity contribution in [2.75, 3.05) is 0 Å². The molecule has 4 heteroatoms. The first kappa shape index (κ1) is 11.3. The highest BCUT2D eigenvalue weighted by Gasteiger charge is 2.23. The van der Waals surface area contributed by atoms with Gasteiger partial charge >= 0.3 is 0 Å². The Labute approximate surface area is 104 Å². The Bertz CT molecular complexity index is 362. The standard InChI is InChI=1S/C11H14BrClN2/c1-2-8-14-10(7-5-3-4-6-7)9(12)11(13)15-8/h7H,2-6H2,1H3. The number of hydrogen-bond acceptors (Lipinski definition) is 2. The molecule has 15 heavy (non-hydrogen) atoms. The monoisotopic (exact) mass is 288 g/mol. The maximum absolute atomic E-state index is 6.08. The predicted octanol–water partition coefficient (Wildman–Crippen LogP) is 4.11. The summed E-state index contributed by atoms with van der Waals surface area (Å²) in [5.41, 5.74) is 1.12. The van der Waals surface area contributed by atoms with Crippen molar-refractivity contribution in [1.29, 1.82) is 0 Å². The minimum absolute atomic E-state index is 0.559. The van der Waals surface area contributed by atoms with Gasteiger partial charge in [-0.3, -0.25) is 0 Å². The maximum atomic E-state index is 6.08. The van der Waals surface area contributed by atoms with Crippen LogP contribution in [0.1, 0.15) is 50.0 Å². The van der Waals surface area contributed by atoms with E-state index >= 15 is 0 Å². The molecule has 0 N–H and O–H groups in total. The third-order valence-corrected chi connectivity index (χ3v) is 4.22. The molecule has 2 rings (SSSR count). The third-order valence-electron chi connectivity index (χ3n) is 2.94.